The first-order chi connectivity index (χ1) is 16.0. The third-order valence-electron chi connectivity index (χ3n) is 5.08. The molecule has 0 saturated heterocycles. The maximum absolute atomic E-state index is 12.6. The van der Waals surface area contributed by atoms with Crippen LogP contribution in [0.3, 0.4) is 0 Å². The van der Waals surface area contributed by atoms with Crippen LogP contribution in [0.25, 0.3) is 11.3 Å². The van der Waals surface area contributed by atoms with Gasteiger partial charge in [-0.15, -0.1) is 11.3 Å². The van der Waals surface area contributed by atoms with Gasteiger partial charge in [0.1, 0.15) is 10.7 Å². The number of carbonyl (C=O) groups is 3. The molecule has 0 aliphatic rings. The maximum atomic E-state index is 12.6. The molecule has 1 aromatic carbocycles. The number of hydrogen-bond donors (Lipinski definition) is 4. The minimum Gasteiger partial charge on any atom is -0.359 e. The van der Waals surface area contributed by atoms with E-state index in [1.54, 1.807) is 25.0 Å². The average Bonchev–Trinajstić information content (AvgIpc) is 3.50. The van der Waals surface area contributed by atoms with Gasteiger partial charge in [-0.05, 0) is 30.5 Å². The van der Waals surface area contributed by atoms with E-state index in [9.17, 15) is 14.4 Å². The van der Waals surface area contributed by atoms with E-state index in [-0.39, 0.29) is 23.8 Å². The topological polar surface area (TPSA) is 129 Å². The average molecular weight is 469 g/mol. The van der Waals surface area contributed by atoms with Gasteiger partial charge in [-0.3, -0.25) is 19.4 Å². The predicted octanol–water partition coefficient (Wildman–Crippen LogP) is 3.66. The van der Waals surface area contributed by atoms with E-state index in [0.29, 0.717) is 23.5 Å². The Bertz CT molecular complexity index is 1060. The Morgan fingerprint density at radius 3 is 2.55 bits per heavy atom. The van der Waals surface area contributed by atoms with Gasteiger partial charge in [0.05, 0.1) is 29.6 Å². The van der Waals surface area contributed by atoms with Gasteiger partial charge in [0.25, 0.3) is 5.91 Å². The molecule has 1 atom stereocenters. The number of carbonyl (C=O) groups excluding carboxylic acids is 3. The highest BCUT2D eigenvalue weighted by Crippen LogP contribution is 2.24. The molecule has 0 bridgehead atoms. The second-order valence-corrected chi connectivity index (χ2v) is 8.49. The third-order valence-corrected chi connectivity index (χ3v) is 5.85. The van der Waals surface area contributed by atoms with E-state index >= 15 is 0 Å². The number of aromatic nitrogens is 3. The summed E-state index contributed by atoms with van der Waals surface area (Å²) in [4.78, 5) is 47.6. The second-order valence-electron chi connectivity index (χ2n) is 7.60. The number of nitrogens with one attached hydrogen (secondary N) is 4. The minimum absolute atomic E-state index is 0.0326. The lowest BCUT2D eigenvalue weighted by Gasteiger charge is -2.16. The quantitative estimate of drug-likeness (QED) is 0.319. The fraction of sp³-hybridized carbons (Fsp3) is 0.348. The van der Waals surface area contributed by atoms with Crippen molar-refractivity contribution in [1.82, 2.24) is 25.6 Å². The highest BCUT2D eigenvalue weighted by Gasteiger charge is 2.20. The third kappa shape index (κ3) is 7.25. The van der Waals surface area contributed by atoms with Crippen molar-refractivity contribution in [2.75, 3.05) is 12.4 Å². The maximum Gasteiger partial charge on any atom is 0.263 e. The van der Waals surface area contributed by atoms with Gasteiger partial charge in [-0.25, -0.2) is 4.98 Å². The molecule has 0 spiro atoms. The molecular formula is C23H28N6O3S. The molecule has 2 aromatic heterocycles. The van der Waals surface area contributed by atoms with Crippen molar-refractivity contribution >= 4 is 34.7 Å². The number of hydrogen-bond acceptors (Lipinski definition) is 6. The number of amides is 3. The molecule has 4 N–H and O–H groups in total. The van der Waals surface area contributed by atoms with E-state index in [0.717, 1.165) is 36.2 Å². The zero-order valence-corrected chi connectivity index (χ0v) is 19.5. The van der Waals surface area contributed by atoms with Crippen LogP contribution in [0.5, 0.6) is 0 Å². The SMILES string of the molecule is CNC(=O)CCCCCC(NC(=O)c1cncs1)c1ncc(-c2ccc(NC(C)=O)cc2)[nH]1. The molecule has 0 radical (unpaired) electrons. The monoisotopic (exact) mass is 468 g/mol. The van der Waals surface area contributed by atoms with Crippen LogP contribution in [0.2, 0.25) is 0 Å². The highest BCUT2D eigenvalue weighted by atomic mass is 32.1. The molecule has 3 aromatic rings. The van der Waals surface area contributed by atoms with E-state index in [2.05, 4.69) is 30.9 Å². The summed E-state index contributed by atoms with van der Waals surface area (Å²) in [6, 6.07) is 7.14. The normalized spacial score (nSPS) is 11.6. The molecule has 3 amide bonds. The number of anilines is 1. The Hall–Kier alpha value is -3.53. The molecule has 10 heteroatoms. The molecule has 0 aliphatic carbocycles. The zero-order valence-electron chi connectivity index (χ0n) is 18.7. The van der Waals surface area contributed by atoms with Crippen molar-refractivity contribution in [3.05, 3.63) is 52.9 Å². The van der Waals surface area contributed by atoms with Crippen LogP contribution in [0.15, 0.2) is 42.2 Å². The Morgan fingerprint density at radius 2 is 1.88 bits per heavy atom. The highest BCUT2D eigenvalue weighted by molar-refractivity contribution is 7.11. The van der Waals surface area contributed by atoms with Gasteiger partial charge in [-0.2, -0.15) is 0 Å². The van der Waals surface area contributed by atoms with Crippen molar-refractivity contribution in [3.8, 4) is 11.3 Å². The van der Waals surface area contributed by atoms with Crippen LogP contribution in [-0.4, -0.2) is 39.7 Å². The van der Waals surface area contributed by atoms with Crippen LogP contribution >= 0.6 is 11.3 Å². The van der Waals surface area contributed by atoms with Crippen molar-refractivity contribution in [2.45, 2.75) is 45.1 Å². The Balaban J connectivity index is 1.68. The molecule has 0 fully saturated rings. The number of thiazole rings is 1. The summed E-state index contributed by atoms with van der Waals surface area (Å²) < 4.78 is 0. The number of benzene rings is 1. The number of aromatic amines is 1. The van der Waals surface area contributed by atoms with Gasteiger partial charge in [0.15, 0.2) is 0 Å². The summed E-state index contributed by atoms with van der Waals surface area (Å²) in [5.41, 5.74) is 4.08. The smallest absolute Gasteiger partial charge is 0.263 e. The lowest BCUT2D eigenvalue weighted by Crippen LogP contribution is -2.28. The summed E-state index contributed by atoms with van der Waals surface area (Å²) in [7, 11) is 1.63. The van der Waals surface area contributed by atoms with Crippen LogP contribution in [0.4, 0.5) is 5.69 Å². The minimum atomic E-state index is -0.299. The fourth-order valence-electron chi connectivity index (χ4n) is 3.37. The van der Waals surface area contributed by atoms with Gasteiger partial charge in [0.2, 0.25) is 11.8 Å². The number of H-pyrrole nitrogens is 1. The van der Waals surface area contributed by atoms with E-state index < -0.39 is 0 Å². The Labute approximate surface area is 196 Å². The molecule has 9 nitrogen and oxygen atoms in total. The summed E-state index contributed by atoms with van der Waals surface area (Å²) in [6.07, 6.45) is 6.97. The Kier molecular flexibility index (Phi) is 8.71. The lowest BCUT2D eigenvalue weighted by atomic mass is 10.1. The molecular weight excluding hydrogens is 440 g/mol. The van der Waals surface area contributed by atoms with Gasteiger partial charge >= 0.3 is 0 Å². The number of nitrogens with zero attached hydrogens (tertiary/aromatic N) is 2. The van der Waals surface area contributed by atoms with E-state index in [4.69, 9.17) is 0 Å². The summed E-state index contributed by atoms with van der Waals surface area (Å²) >= 11 is 1.29. The van der Waals surface area contributed by atoms with E-state index in [1.165, 1.54) is 18.3 Å². The van der Waals surface area contributed by atoms with Crippen molar-refractivity contribution < 1.29 is 14.4 Å². The second kappa shape index (κ2) is 11.9. The summed E-state index contributed by atoms with van der Waals surface area (Å²) in [5, 5.41) is 8.42. The fourth-order valence-corrected chi connectivity index (χ4v) is 3.89. The van der Waals surface area contributed by atoms with Gasteiger partial charge in [0, 0.05) is 26.1 Å². The first-order valence-electron chi connectivity index (χ1n) is 10.8. The first kappa shape index (κ1) is 24.1. The van der Waals surface area contributed by atoms with Crippen LogP contribution in [-0.2, 0) is 9.59 Å². The van der Waals surface area contributed by atoms with Crippen LogP contribution < -0.4 is 16.0 Å². The van der Waals surface area contributed by atoms with Crippen molar-refractivity contribution in [3.63, 3.8) is 0 Å². The zero-order chi connectivity index (χ0) is 23.6. The Morgan fingerprint density at radius 1 is 1.09 bits per heavy atom. The standard InChI is InChI=1S/C23H28N6O3S/c1-15(30)27-17-10-8-16(9-11-17)19-12-26-22(28-19)18(6-4-3-5-7-21(31)24-2)29-23(32)20-13-25-14-33-20/h8-14,18H,3-7H2,1-2H3,(H,24,31)(H,26,28)(H,27,30)(H,29,32). The molecule has 174 valence electrons. The number of unbranched alkanes of at least 4 members (excludes halogenated alkanes) is 2. The number of rotatable bonds is 11. The molecule has 1 unspecified atom stereocenters. The predicted molar refractivity (Wildman–Crippen MR) is 128 cm³/mol. The van der Waals surface area contributed by atoms with Crippen LogP contribution in [0, 0.1) is 0 Å². The molecule has 33 heavy (non-hydrogen) atoms. The summed E-state index contributed by atoms with van der Waals surface area (Å²) in [5.74, 6) is 0.386. The van der Waals surface area contributed by atoms with Crippen molar-refractivity contribution in [2.24, 2.45) is 0 Å². The summed E-state index contributed by atoms with van der Waals surface area (Å²) in [6.45, 7) is 1.47. The lowest BCUT2D eigenvalue weighted by molar-refractivity contribution is -0.120. The van der Waals surface area contributed by atoms with Crippen molar-refractivity contribution in [1.29, 1.82) is 0 Å². The molecule has 0 aliphatic heterocycles. The van der Waals surface area contributed by atoms with Gasteiger partial charge < -0.3 is 20.9 Å². The van der Waals surface area contributed by atoms with Gasteiger partial charge in [-0.1, -0.05) is 25.0 Å². The van der Waals surface area contributed by atoms with Crippen LogP contribution in [0.1, 0.15) is 60.6 Å². The molecule has 3 rings (SSSR count). The molecule has 0 saturated carbocycles. The van der Waals surface area contributed by atoms with E-state index in [1.807, 2.05) is 24.3 Å². The first-order valence-corrected chi connectivity index (χ1v) is 11.7. The largest absolute Gasteiger partial charge is 0.359 e. The number of imidazole rings is 1. The molecule has 2 heterocycles.